The van der Waals surface area contributed by atoms with Crippen LogP contribution in [0.1, 0.15) is 17.3 Å². The lowest BCUT2D eigenvalue weighted by molar-refractivity contribution is -0.142. The normalized spacial score (nSPS) is 13.5. The minimum Gasteiger partial charge on any atom is -0.497 e. The van der Waals surface area contributed by atoms with Gasteiger partial charge in [-0.05, 0) is 19.1 Å². The summed E-state index contributed by atoms with van der Waals surface area (Å²) in [5.41, 5.74) is 0.650. The number of Topliss-reactive ketones (excluding diaryl/α,β-unsaturated/α-hetero) is 1. The first-order valence-electron chi connectivity index (χ1n) is 5.78. The van der Waals surface area contributed by atoms with Crippen LogP contribution in [0.4, 0.5) is 5.69 Å². The predicted octanol–water partition coefficient (Wildman–Crippen LogP) is 0.788. The smallest absolute Gasteiger partial charge is 0.326 e. The molecule has 0 N–H and O–H groups in total. The van der Waals surface area contributed by atoms with Crippen LogP contribution >= 0.6 is 0 Å². The van der Waals surface area contributed by atoms with Gasteiger partial charge in [-0.25, -0.2) is 0 Å². The van der Waals surface area contributed by atoms with Crippen LogP contribution in [0.5, 0.6) is 5.75 Å². The van der Waals surface area contributed by atoms with Gasteiger partial charge in [0.25, 0.3) is 11.7 Å². The van der Waals surface area contributed by atoms with E-state index in [0.717, 1.165) is 4.90 Å². The molecule has 1 amide bonds. The summed E-state index contributed by atoms with van der Waals surface area (Å²) in [6, 6.07) is 4.66. The molecule has 0 radical (unpaired) electrons. The van der Waals surface area contributed by atoms with Gasteiger partial charge in [0.1, 0.15) is 12.3 Å². The summed E-state index contributed by atoms with van der Waals surface area (Å²) in [7, 11) is 1.48. The van der Waals surface area contributed by atoms with E-state index in [4.69, 9.17) is 9.47 Å². The van der Waals surface area contributed by atoms with Crippen molar-refractivity contribution in [1.82, 2.24) is 0 Å². The molecule has 0 unspecified atom stereocenters. The maximum atomic E-state index is 11.8. The van der Waals surface area contributed by atoms with Gasteiger partial charge in [-0.3, -0.25) is 19.3 Å². The molecule has 0 aromatic heterocycles. The third kappa shape index (κ3) is 2.29. The number of ketones is 1. The molecule has 0 bridgehead atoms. The second-order valence-corrected chi connectivity index (χ2v) is 3.91. The van der Waals surface area contributed by atoms with E-state index >= 15 is 0 Å². The number of rotatable bonds is 4. The second-order valence-electron chi connectivity index (χ2n) is 3.91. The maximum Gasteiger partial charge on any atom is 0.326 e. The van der Waals surface area contributed by atoms with Gasteiger partial charge in [0.05, 0.1) is 25.0 Å². The third-order valence-corrected chi connectivity index (χ3v) is 2.77. The Morgan fingerprint density at radius 3 is 2.68 bits per heavy atom. The lowest BCUT2D eigenvalue weighted by Gasteiger charge is -2.15. The number of benzene rings is 1. The van der Waals surface area contributed by atoms with Crippen molar-refractivity contribution in [2.75, 3.05) is 25.2 Å². The molecular formula is C13H13NO5. The molecule has 1 heterocycles. The number of esters is 1. The largest absolute Gasteiger partial charge is 0.497 e. The lowest BCUT2D eigenvalue weighted by Crippen LogP contribution is -2.35. The zero-order chi connectivity index (χ0) is 14.0. The molecule has 6 nitrogen and oxygen atoms in total. The highest BCUT2D eigenvalue weighted by molar-refractivity contribution is 6.52. The molecule has 19 heavy (non-hydrogen) atoms. The zero-order valence-electron chi connectivity index (χ0n) is 10.6. The Kier molecular flexibility index (Phi) is 3.50. The van der Waals surface area contributed by atoms with Crippen LogP contribution < -0.4 is 9.64 Å². The monoisotopic (exact) mass is 263 g/mol. The van der Waals surface area contributed by atoms with E-state index < -0.39 is 17.7 Å². The first-order valence-corrected chi connectivity index (χ1v) is 5.78. The number of carbonyl (C=O) groups excluding carboxylic acids is 3. The van der Waals surface area contributed by atoms with Crippen molar-refractivity contribution in [3.8, 4) is 5.75 Å². The van der Waals surface area contributed by atoms with Gasteiger partial charge >= 0.3 is 5.97 Å². The summed E-state index contributed by atoms with van der Waals surface area (Å²) in [5, 5.41) is 0. The number of hydrogen-bond donors (Lipinski definition) is 0. The topological polar surface area (TPSA) is 72.9 Å². The maximum absolute atomic E-state index is 11.8. The molecule has 1 aromatic rings. The van der Waals surface area contributed by atoms with Crippen molar-refractivity contribution in [3.05, 3.63) is 23.8 Å². The van der Waals surface area contributed by atoms with Gasteiger partial charge in [0.2, 0.25) is 0 Å². The number of anilines is 1. The lowest BCUT2D eigenvalue weighted by atomic mass is 10.1. The number of hydrogen-bond acceptors (Lipinski definition) is 5. The van der Waals surface area contributed by atoms with E-state index in [0.29, 0.717) is 11.4 Å². The molecule has 0 saturated carbocycles. The molecule has 0 spiro atoms. The fourth-order valence-electron chi connectivity index (χ4n) is 1.89. The van der Waals surface area contributed by atoms with Crippen LogP contribution in [0.15, 0.2) is 18.2 Å². The van der Waals surface area contributed by atoms with Crippen LogP contribution in [-0.4, -0.2) is 37.9 Å². The van der Waals surface area contributed by atoms with Crippen LogP contribution in [0.25, 0.3) is 0 Å². The summed E-state index contributed by atoms with van der Waals surface area (Å²) < 4.78 is 9.83. The molecule has 0 atom stereocenters. The van der Waals surface area contributed by atoms with Gasteiger partial charge in [-0.1, -0.05) is 0 Å². The van der Waals surface area contributed by atoms with E-state index in [-0.39, 0.29) is 18.7 Å². The minimum atomic E-state index is -0.726. The van der Waals surface area contributed by atoms with Crippen LogP contribution in [-0.2, 0) is 14.3 Å². The van der Waals surface area contributed by atoms with Gasteiger partial charge in [-0.2, -0.15) is 0 Å². The Bertz CT molecular complexity index is 552. The summed E-state index contributed by atoms with van der Waals surface area (Å²) >= 11 is 0. The fourth-order valence-corrected chi connectivity index (χ4v) is 1.89. The van der Waals surface area contributed by atoms with E-state index in [1.54, 1.807) is 19.1 Å². The van der Waals surface area contributed by atoms with Crippen molar-refractivity contribution < 1.29 is 23.9 Å². The van der Waals surface area contributed by atoms with Gasteiger partial charge in [-0.15, -0.1) is 0 Å². The third-order valence-electron chi connectivity index (χ3n) is 2.77. The van der Waals surface area contributed by atoms with Crippen LogP contribution in [0.3, 0.4) is 0 Å². The highest BCUT2D eigenvalue weighted by atomic mass is 16.5. The Labute approximate surface area is 109 Å². The predicted molar refractivity (Wildman–Crippen MR) is 66.3 cm³/mol. The number of carbonyl (C=O) groups is 3. The van der Waals surface area contributed by atoms with E-state index in [1.165, 1.54) is 13.2 Å². The Balaban J connectivity index is 2.34. The summed E-state index contributed by atoms with van der Waals surface area (Å²) in [5.74, 6) is -1.40. The number of methoxy groups -OCH3 is 1. The Morgan fingerprint density at radius 1 is 1.32 bits per heavy atom. The highest BCUT2D eigenvalue weighted by Crippen LogP contribution is 2.32. The summed E-state index contributed by atoms with van der Waals surface area (Å²) in [6.07, 6.45) is 0. The Morgan fingerprint density at radius 2 is 2.05 bits per heavy atom. The molecule has 0 aliphatic carbocycles. The van der Waals surface area contributed by atoms with Crippen LogP contribution in [0.2, 0.25) is 0 Å². The number of fused-ring (bicyclic) bond motifs is 1. The van der Waals surface area contributed by atoms with Crippen molar-refractivity contribution in [3.63, 3.8) is 0 Å². The van der Waals surface area contributed by atoms with Crippen LogP contribution in [0, 0.1) is 0 Å². The van der Waals surface area contributed by atoms with Gasteiger partial charge in [0.15, 0.2) is 0 Å². The molecule has 0 fully saturated rings. The molecule has 100 valence electrons. The van der Waals surface area contributed by atoms with Crippen molar-refractivity contribution in [1.29, 1.82) is 0 Å². The summed E-state index contributed by atoms with van der Waals surface area (Å²) in [6.45, 7) is 1.62. The van der Waals surface area contributed by atoms with E-state index in [9.17, 15) is 14.4 Å². The molecule has 2 rings (SSSR count). The zero-order valence-corrected chi connectivity index (χ0v) is 10.6. The quantitative estimate of drug-likeness (QED) is 0.593. The molecule has 1 aliphatic heterocycles. The van der Waals surface area contributed by atoms with Crippen molar-refractivity contribution in [2.45, 2.75) is 6.92 Å². The molecule has 0 saturated heterocycles. The molecule has 6 heteroatoms. The SMILES string of the molecule is CCOC(=O)CN1C(=O)C(=O)c2ccc(OC)cc21. The molecule has 1 aromatic carbocycles. The van der Waals surface area contributed by atoms with Crippen molar-refractivity contribution >= 4 is 23.3 Å². The molecular weight excluding hydrogens is 250 g/mol. The second kappa shape index (κ2) is 5.09. The first-order chi connectivity index (χ1) is 9.08. The standard InChI is InChI=1S/C13H13NO5/c1-3-19-11(15)7-14-10-6-8(18-2)4-5-9(10)12(16)13(14)17/h4-6H,3,7H2,1-2H3. The average molecular weight is 263 g/mol. The van der Waals surface area contributed by atoms with Gasteiger partial charge in [0, 0.05) is 6.07 Å². The molecule has 1 aliphatic rings. The first kappa shape index (κ1) is 13.1. The van der Waals surface area contributed by atoms with Crippen molar-refractivity contribution in [2.24, 2.45) is 0 Å². The number of amides is 1. The number of ether oxygens (including phenoxy) is 2. The average Bonchev–Trinajstić information content (AvgIpc) is 2.64. The minimum absolute atomic E-state index is 0.222. The van der Waals surface area contributed by atoms with E-state index in [1.807, 2.05) is 0 Å². The van der Waals surface area contributed by atoms with Gasteiger partial charge < -0.3 is 9.47 Å². The Hall–Kier alpha value is -2.37. The number of nitrogens with zero attached hydrogens (tertiary/aromatic N) is 1. The fraction of sp³-hybridized carbons (Fsp3) is 0.308. The highest BCUT2D eigenvalue weighted by Gasteiger charge is 2.37. The van der Waals surface area contributed by atoms with E-state index in [2.05, 4.69) is 0 Å². The summed E-state index contributed by atoms with van der Waals surface area (Å²) in [4.78, 5) is 36.2.